The highest BCUT2D eigenvalue weighted by Gasteiger charge is 2.16. The van der Waals surface area contributed by atoms with Crippen LogP contribution in [0.4, 0.5) is 11.4 Å². The van der Waals surface area contributed by atoms with E-state index < -0.39 is 4.92 Å². The van der Waals surface area contributed by atoms with Gasteiger partial charge in [0.25, 0.3) is 5.69 Å². The normalized spacial score (nSPS) is 10.6. The first-order valence-electron chi connectivity index (χ1n) is 7.31. The molecule has 0 heterocycles. The molecule has 0 aliphatic heterocycles. The van der Waals surface area contributed by atoms with Gasteiger partial charge in [0.15, 0.2) is 11.5 Å². The summed E-state index contributed by atoms with van der Waals surface area (Å²) in [6.07, 6.45) is 3.24. The summed E-state index contributed by atoms with van der Waals surface area (Å²) in [5.74, 6) is 1.10. The Balaban J connectivity index is 2.20. The highest BCUT2D eigenvalue weighted by atomic mass is 79.9. The second kappa shape index (κ2) is 9.35. The number of nitrogens with one attached hydrogen (secondary N) is 1. The number of non-ortho nitro benzene ring substituents is 1. The van der Waals surface area contributed by atoms with Crippen molar-refractivity contribution in [3.05, 3.63) is 67.6 Å². The minimum absolute atomic E-state index is 0.0195. The van der Waals surface area contributed by atoms with Crippen LogP contribution in [0.3, 0.4) is 0 Å². The van der Waals surface area contributed by atoms with Crippen LogP contribution in [0.5, 0.6) is 11.5 Å². The summed E-state index contributed by atoms with van der Waals surface area (Å²) in [5.41, 5.74) is 4.21. The zero-order valence-electron chi connectivity index (χ0n) is 13.7. The number of nitro groups is 1. The summed E-state index contributed by atoms with van der Waals surface area (Å²) in [5, 5.41) is 14.8. The molecule has 0 aliphatic rings. The number of nitro benzene ring substituents is 1. The maximum absolute atomic E-state index is 10.7. The van der Waals surface area contributed by atoms with Crippen LogP contribution >= 0.6 is 31.9 Å². The summed E-state index contributed by atoms with van der Waals surface area (Å²) in [7, 11) is 1.55. The number of methoxy groups -OCH3 is 1. The van der Waals surface area contributed by atoms with Gasteiger partial charge in [-0.25, -0.2) is 0 Å². The summed E-state index contributed by atoms with van der Waals surface area (Å²) in [4.78, 5) is 10.2. The Kier molecular flexibility index (Phi) is 7.16. The van der Waals surface area contributed by atoms with Gasteiger partial charge in [-0.15, -0.1) is 0 Å². The molecule has 0 radical (unpaired) electrons. The van der Waals surface area contributed by atoms with Gasteiger partial charge in [-0.1, -0.05) is 12.7 Å². The number of rotatable bonds is 8. The number of hydrogen-bond donors (Lipinski definition) is 1. The van der Waals surface area contributed by atoms with Crippen molar-refractivity contribution >= 4 is 49.4 Å². The minimum atomic E-state index is -0.454. The summed E-state index contributed by atoms with van der Waals surface area (Å²) in [6.45, 7) is 3.97. The zero-order chi connectivity index (χ0) is 19.1. The molecule has 2 aromatic rings. The molecule has 7 nitrogen and oxygen atoms in total. The van der Waals surface area contributed by atoms with Gasteiger partial charge in [0, 0.05) is 22.2 Å². The van der Waals surface area contributed by atoms with E-state index in [0.29, 0.717) is 28.3 Å². The third-order valence-corrected chi connectivity index (χ3v) is 5.34. The molecule has 136 valence electrons. The summed E-state index contributed by atoms with van der Waals surface area (Å²) >= 11 is 6.98. The first-order valence-corrected chi connectivity index (χ1v) is 8.89. The minimum Gasteiger partial charge on any atom is -0.493 e. The number of hydrazone groups is 1. The fraction of sp³-hybridized carbons (Fsp3) is 0.118. The average molecular weight is 485 g/mol. The number of nitrogens with zero attached hydrogens (tertiary/aromatic N) is 2. The molecule has 0 bridgehead atoms. The van der Waals surface area contributed by atoms with E-state index in [9.17, 15) is 10.1 Å². The van der Waals surface area contributed by atoms with E-state index in [-0.39, 0.29) is 5.69 Å². The SMILES string of the molecule is C=CCOc1c(OC)cc(C=NNc2ccc([N+](=O)[O-])cc2)c(Br)c1Br. The smallest absolute Gasteiger partial charge is 0.269 e. The van der Waals surface area contributed by atoms with Gasteiger partial charge in [-0.3, -0.25) is 15.5 Å². The van der Waals surface area contributed by atoms with Gasteiger partial charge in [0.05, 0.1) is 28.4 Å². The van der Waals surface area contributed by atoms with Crippen LogP contribution in [-0.2, 0) is 0 Å². The van der Waals surface area contributed by atoms with E-state index in [2.05, 4.69) is 49.0 Å². The van der Waals surface area contributed by atoms with Gasteiger partial charge in [0.1, 0.15) is 6.61 Å². The second-order valence-corrected chi connectivity index (χ2v) is 6.48. The number of ether oxygens (including phenoxy) is 2. The largest absolute Gasteiger partial charge is 0.493 e. The van der Waals surface area contributed by atoms with Crippen molar-refractivity contribution in [2.75, 3.05) is 19.1 Å². The quantitative estimate of drug-likeness (QED) is 0.242. The number of benzene rings is 2. The third-order valence-electron chi connectivity index (χ3n) is 3.20. The maximum atomic E-state index is 10.7. The van der Waals surface area contributed by atoms with E-state index in [4.69, 9.17) is 9.47 Å². The Morgan fingerprint density at radius 2 is 2.00 bits per heavy atom. The highest BCUT2D eigenvalue weighted by molar-refractivity contribution is 9.13. The maximum Gasteiger partial charge on any atom is 0.269 e. The van der Waals surface area contributed by atoms with Crippen molar-refractivity contribution in [1.82, 2.24) is 0 Å². The highest BCUT2D eigenvalue weighted by Crippen LogP contribution is 2.42. The predicted octanol–water partition coefficient (Wildman–Crippen LogP) is 5.14. The number of anilines is 1. The third kappa shape index (κ3) is 4.83. The summed E-state index contributed by atoms with van der Waals surface area (Å²) in [6, 6.07) is 7.73. The van der Waals surface area contributed by atoms with Crippen LogP contribution in [-0.4, -0.2) is 24.9 Å². The van der Waals surface area contributed by atoms with Gasteiger partial charge in [-0.2, -0.15) is 5.10 Å². The molecule has 0 saturated heterocycles. The average Bonchev–Trinajstić information content (AvgIpc) is 2.64. The van der Waals surface area contributed by atoms with Gasteiger partial charge >= 0.3 is 0 Å². The fourth-order valence-electron chi connectivity index (χ4n) is 1.96. The molecule has 1 N–H and O–H groups in total. The van der Waals surface area contributed by atoms with Crippen molar-refractivity contribution in [3.63, 3.8) is 0 Å². The van der Waals surface area contributed by atoms with Crippen molar-refractivity contribution in [3.8, 4) is 11.5 Å². The lowest BCUT2D eigenvalue weighted by atomic mass is 10.2. The molecular formula is C17H15Br2N3O4. The molecule has 0 aliphatic carbocycles. The standard InChI is InChI=1S/C17H15Br2N3O4/c1-3-8-26-17-14(25-2)9-11(15(18)16(17)19)10-20-21-12-4-6-13(7-5-12)22(23)24/h3-7,9-10,21H,1,8H2,2H3. The molecule has 0 atom stereocenters. The zero-order valence-corrected chi connectivity index (χ0v) is 16.9. The molecule has 9 heteroatoms. The Morgan fingerprint density at radius 1 is 1.31 bits per heavy atom. The van der Waals surface area contributed by atoms with Gasteiger partial charge in [-0.05, 0) is 50.1 Å². The van der Waals surface area contributed by atoms with Crippen molar-refractivity contribution < 1.29 is 14.4 Å². The Bertz CT molecular complexity index is 839. The Hall–Kier alpha value is -2.39. The fourth-order valence-corrected chi connectivity index (χ4v) is 2.90. The van der Waals surface area contributed by atoms with Gasteiger partial charge < -0.3 is 9.47 Å². The molecule has 0 aromatic heterocycles. The first kappa shape index (κ1) is 19.9. The van der Waals surface area contributed by atoms with E-state index in [1.165, 1.54) is 12.1 Å². The Labute approximate surface area is 167 Å². The molecular weight excluding hydrogens is 470 g/mol. The van der Waals surface area contributed by atoms with E-state index in [1.54, 1.807) is 37.6 Å². The van der Waals surface area contributed by atoms with E-state index in [1.807, 2.05) is 0 Å². The van der Waals surface area contributed by atoms with E-state index in [0.717, 1.165) is 10.0 Å². The van der Waals surface area contributed by atoms with Crippen molar-refractivity contribution in [2.45, 2.75) is 0 Å². The topological polar surface area (TPSA) is 86.0 Å². The lowest BCUT2D eigenvalue weighted by Crippen LogP contribution is -2.00. The van der Waals surface area contributed by atoms with Crippen LogP contribution < -0.4 is 14.9 Å². The summed E-state index contributed by atoms with van der Waals surface area (Å²) < 4.78 is 12.4. The predicted molar refractivity (Wildman–Crippen MR) is 108 cm³/mol. The molecule has 26 heavy (non-hydrogen) atoms. The van der Waals surface area contributed by atoms with Crippen LogP contribution in [0, 0.1) is 10.1 Å². The number of halogens is 2. The lowest BCUT2D eigenvalue weighted by molar-refractivity contribution is -0.384. The Morgan fingerprint density at radius 3 is 2.58 bits per heavy atom. The molecule has 2 aromatic carbocycles. The van der Waals surface area contributed by atoms with Crippen molar-refractivity contribution in [1.29, 1.82) is 0 Å². The molecule has 0 spiro atoms. The van der Waals surface area contributed by atoms with Gasteiger partial charge in [0.2, 0.25) is 0 Å². The first-order chi connectivity index (χ1) is 12.5. The molecule has 0 fully saturated rings. The monoisotopic (exact) mass is 483 g/mol. The molecule has 0 saturated carbocycles. The van der Waals surface area contributed by atoms with Crippen molar-refractivity contribution in [2.24, 2.45) is 5.10 Å². The second-order valence-electron chi connectivity index (χ2n) is 4.90. The van der Waals surface area contributed by atoms with E-state index >= 15 is 0 Å². The van der Waals surface area contributed by atoms with Crippen LogP contribution in [0.15, 0.2) is 57.0 Å². The van der Waals surface area contributed by atoms with Crippen LogP contribution in [0.1, 0.15) is 5.56 Å². The lowest BCUT2D eigenvalue weighted by Gasteiger charge is -2.14. The van der Waals surface area contributed by atoms with Crippen LogP contribution in [0.25, 0.3) is 0 Å². The number of hydrogen-bond acceptors (Lipinski definition) is 6. The van der Waals surface area contributed by atoms with Crippen LogP contribution in [0.2, 0.25) is 0 Å². The molecule has 0 amide bonds. The molecule has 0 unspecified atom stereocenters. The molecule has 2 rings (SSSR count).